The number of amides is 2. The second-order valence-electron chi connectivity index (χ2n) is 9.48. The van der Waals surface area contributed by atoms with Gasteiger partial charge in [-0.1, -0.05) is 6.07 Å². The number of likely N-dealkylation sites (N-methyl/N-ethyl adjacent to an activating group) is 1. The molecule has 0 aliphatic carbocycles. The first-order chi connectivity index (χ1) is 16.8. The number of carbonyl (C=O) groups is 2. The lowest BCUT2D eigenvalue weighted by Crippen LogP contribution is -2.60. The summed E-state index contributed by atoms with van der Waals surface area (Å²) in [6, 6.07) is 3.02. The summed E-state index contributed by atoms with van der Waals surface area (Å²) in [5.74, 6) is -3.01. The topological polar surface area (TPSA) is 95.7 Å². The number of aromatic hydroxyl groups is 1. The van der Waals surface area contributed by atoms with Gasteiger partial charge in [-0.25, -0.2) is 13.8 Å². The van der Waals surface area contributed by atoms with Gasteiger partial charge in [0.25, 0.3) is 5.91 Å². The number of rotatable bonds is 5. The van der Waals surface area contributed by atoms with Gasteiger partial charge in [0.2, 0.25) is 11.3 Å². The first-order valence-electron chi connectivity index (χ1n) is 11.3. The van der Waals surface area contributed by atoms with Crippen LogP contribution < -0.4 is 5.43 Å². The molecule has 0 spiro atoms. The Labute approximate surface area is 210 Å². The smallest absolute Gasteiger partial charge is 0.274 e. The fourth-order valence-electron chi connectivity index (χ4n) is 4.40. The Bertz CT molecular complexity index is 1430. The van der Waals surface area contributed by atoms with E-state index in [4.69, 9.17) is 0 Å². The molecule has 0 radical (unpaired) electrons. The van der Waals surface area contributed by atoms with Crippen molar-refractivity contribution in [2.75, 3.05) is 20.6 Å². The summed E-state index contributed by atoms with van der Waals surface area (Å²) >= 11 is 1.10. The van der Waals surface area contributed by atoms with Crippen LogP contribution in [-0.4, -0.2) is 63.0 Å². The van der Waals surface area contributed by atoms with Crippen LogP contribution in [0.25, 0.3) is 10.6 Å². The Morgan fingerprint density at radius 3 is 2.58 bits per heavy atom. The van der Waals surface area contributed by atoms with Crippen LogP contribution in [0.5, 0.6) is 5.75 Å². The Kier molecular flexibility index (Phi) is 6.46. The molecule has 3 aromatic rings. The number of carbonyl (C=O) groups excluding carboxylic acids is 2. The fraction of sp³-hybridized carbons (Fsp3) is 0.360. The van der Waals surface area contributed by atoms with Crippen LogP contribution in [0, 0.1) is 11.6 Å². The van der Waals surface area contributed by atoms with Gasteiger partial charge in [-0.15, -0.1) is 11.3 Å². The summed E-state index contributed by atoms with van der Waals surface area (Å²) in [4.78, 5) is 47.4. The van der Waals surface area contributed by atoms with E-state index in [1.807, 2.05) is 0 Å². The minimum absolute atomic E-state index is 0.00987. The summed E-state index contributed by atoms with van der Waals surface area (Å²) in [7, 11) is 3.18. The van der Waals surface area contributed by atoms with Crippen LogP contribution in [0.4, 0.5) is 8.78 Å². The largest absolute Gasteiger partial charge is 0.503 e. The van der Waals surface area contributed by atoms with Crippen molar-refractivity contribution in [1.29, 1.82) is 0 Å². The molecule has 2 amide bonds. The summed E-state index contributed by atoms with van der Waals surface area (Å²) in [6.07, 6.45) is 2.98. The standard InChI is InChI=1S/C25H26F2N4O4S/c1-13(2)30-12-25(3,24(35)29(4)5)31-11-17(20(32)21(33)19(31)23(30)34)22-28-10-16(36-22)8-14-6-7-15(26)9-18(14)27/h6-7,9-11,13,33H,8,12H2,1-5H3. The van der Waals surface area contributed by atoms with Crippen molar-refractivity contribution >= 4 is 23.2 Å². The zero-order valence-electron chi connectivity index (χ0n) is 20.5. The van der Waals surface area contributed by atoms with Crippen LogP contribution in [0.15, 0.2) is 35.4 Å². The predicted molar refractivity (Wildman–Crippen MR) is 131 cm³/mol. The highest BCUT2D eigenvalue weighted by atomic mass is 32.1. The first kappa shape index (κ1) is 25.5. The normalized spacial score (nSPS) is 17.4. The van der Waals surface area contributed by atoms with Crippen molar-refractivity contribution in [1.82, 2.24) is 19.4 Å². The van der Waals surface area contributed by atoms with E-state index in [9.17, 15) is 28.3 Å². The Morgan fingerprint density at radius 2 is 1.97 bits per heavy atom. The van der Waals surface area contributed by atoms with Gasteiger partial charge in [0.05, 0.1) is 12.1 Å². The molecule has 190 valence electrons. The lowest BCUT2D eigenvalue weighted by Gasteiger charge is -2.45. The van der Waals surface area contributed by atoms with Crippen LogP contribution in [0.1, 0.15) is 41.7 Å². The molecule has 0 saturated carbocycles. The van der Waals surface area contributed by atoms with E-state index >= 15 is 0 Å². The molecule has 0 saturated heterocycles. The molecule has 0 bridgehead atoms. The van der Waals surface area contributed by atoms with E-state index in [0.717, 1.165) is 23.5 Å². The summed E-state index contributed by atoms with van der Waals surface area (Å²) < 4.78 is 28.7. The number of thiazole rings is 1. The Balaban J connectivity index is 1.84. The van der Waals surface area contributed by atoms with Gasteiger partial charge in [-0.05, 0) is 32.4 Å². The van der Waals surface area contributed by atoms with Crippen molar-refractivity contribution in [2.24, 2.45) is 0 Å². The second-order valence-corrected chi connectivity index (χ2v) is 10.6. The molecular formula is C25H26F2N4O4S. The number of fused-ring (bicyclic) bond motifs is 1. The summed E-state index contributed by atoms with van der Waals surface area (Å²) in [6.45, 7) is 5.28. The maximum Gasteiger partial charge on any atom is 0.274 e. The zero-order chi connectivity index (χ0) is 26.5. The van der Waals surface area contributed by atoms with Crippen molar-refractivity contribution < 1.29 is 23.5 Å². The Hall–Kier alpha value is -3.60. The summed E-state index contributed by atoms with van der Waals surface area (Å²) in [5, 5.41) is 11.1. The third-order valence-corrected chi connectivity index (χ3v) is 7.34. The molecule has 1 aliphatic heterocycles. The number of aromatic nitrogens is 2. The van der Waals surface area contributed by atoms with Gasteiger partial charge in [0, 0.05) is 49.9 Å². The molecule has 1 atom stereocenters. The van der Waals surface area contributed by atoms with Crippen molar-refractivity contribution in [3.05, 3.63) is 68.6 Å². The number of benzene rings is 1. The van der Waals surface area contributed by atoms with Crippen LogP contribution in [-0.2, 0) is 16.8 Å². The molecule has 1 unspecified atom stereocenters. The van der Waals surface area contributed by atoms with E-state index < -0.39 is 34.3 Å². The third-order valence-electron chi connectivity index (χ3n) is 6.31. The van der Waals surface area contributed by atoms with E-state index in [1.54, 1.807) is 34.9 Å². The molecule has 1 aromatic carbocycles. The van der Waals surface area contributed by atoms with Gasteiger partial charge in [0.1, 0.15) is 22.2 Å². The molecule has 8 nitrogen and oxygen atoms in total. The molecule has 1 aliphatic rings. The average Bonchev–Trinajstić information content (AvgIpc) is 3.27. The van der Waals surface area contributed by atoms with Crippen molar-refractivity contribution in [3.63, 3.8) is 0 Å². The minimum Gasteiger partial charge on any atom is -0.503 e. The maximum atomic E-state index is 14.1. The highest BCUT2D eigenvalue weighted by molar-refractivity contribution is 7.15. The number of halogens is 2. The molecule has 2 aromatic heterocycles. The molecule has 11 heteroatoms. The average molecular weight is 517 g/mol. The SMILES string of the molecule is CC(C)N1CC(C)(C(=O)N(C)C)n2cc(-c3ncc(Cc4ccc(F)cc4F)s3)c(=O)c(O)c2C1=O. The molecule has 36 heavy (non-hydrogen) atoms. The monoisotopic (exact) mass is 516 g/mol. The Morgan fingerprint density at radius 1 is 1.28 bits per heavy atom. The van der Waals surface area contributed by atoms with E-state index in [-0.39, 0.29) is 46.7 Å². The second kappa shape index (κ2) is 9.12. The maximum absolute atomic E-state index is 14.1. The number of hydrogen-bond donors (Lipinski definition) is 1. The molecular weight excluding hydrogens is 490 g/mol. The quantitative estimate of drug-likeness (QED) is 0.562. The summed E-state index contributed by atoms with van der Waals surface area (Å²) in [5.41, 5.74) is -2.08. The first-order valence-corrected chi connectivity index (χ1v) is 12.1. The van der Waals surface area contributed by atoms with E-state index in [0.29, 0.717) is 4.88 Å². The van der Waals surface area contributed by atoms with Crippen molar-refractivity contribution in [3.8, 4) is 16.3 Å². The lowest BCUT2D eigenvalue weighted by atomic mass is 9.93. The molecule has 1 N–H and O–H groups in total. The minimum atomic E-state index is -1.30. The van der Waals surface area contributed by atoms with E-state index in [1.165, 1.54) is 32.8 Å². The van der Waals surface area contributed by atoms with E-state index in [2.05, 4.69) is 4.98 Å². The van der Waals surface area contributed by atoms with Gasteiger partial charge >= 0.3 is 0 Å². The molecule has 3 heterocycles. The van der Waals surface area contributed by atoms with Gasteiger partial charge in [0.15, 0.2) is 11.4 Å². The predicted octanol–water partition coefficient (Wildman–Crippen LogP) is 3.21. The van der Waals surface area contributed by atoms with Crippen LogP contribution >= 0.6 is 11.3 Å². The number of nitrogens with zero attached hydrogens (tertiary/aromatic N) is 4. The van der Waals surface area contributed by atoms with Gasteiger partial charge in [-0.3, -0.25) is 14.4 Å². The van der Waals surface area contributed by atoms with Gasteiger partial charge < -0.3 is 19.5 Å². The highest BCUT2D eigenvalue weighted by Crippen LogP contribution is 2.35. The zero-order valence-corrected chi connectivity index (χ0v) is 21.3. The van der Waals surface area contributed by atoms with Crippen molar-refractivity contribution in [2.45, 2.75) is 38.8 Å². The fourth-order valence-corrected chi connectivity index (χ4v) is 5.34. The van der Waals surface area contributed by atoms with Crippen LogP contribution in [0.3, 0.4) is 0 Å². The molecule has 0 fully saturated rings. The van der Waals surface area contributed by atoms with Gasteiger partial charge in [-0.2, -0.15) is 0 Å². The molecule has 4 rings (SSSR count). The number of hydrogen-bond acceptors (Lipinski definition) is 6. The third kappa shape index (κ3) is 4.17. The van der Waals surface area contributed by atoms with Crippen LogP contribution in [0.2, 0.25) is 0 Å². The lowest BCUT2D eigenvalue weighted by molar-refractivity contribution is -0.139. The highest BCUT2D eigenvalue weighted by Gasteiger charge is 2.47. The number of pyridine rings is 1.